The molecule has 6 heteroatoms. The number of hydrogen-bond acceptors (Lipinski definition) is 6. The normalized spacial score (nSPS) is 14.3. The summed E-state index contributed by atoms with van der Waals surface area (Å²) in [6.07, 6.45) is 0. The summed E-state index contributed by atoms with van der Waals surface area (Å²) < 4.78 is 19.4. The molecule has 6 nitrogen and oxygen atoms in total. The van der Waals surface area contributed by atoms with Crippen LogP contribution in [0.4, 0.5) is 51.2 Å². The van der Waals surface area contributed by atoms with E-state index < -0.39 is 0 Å². The Morgan fingerprint density at radius 3 is 0.841 bits per heavy atom. The third-order valence-corrected chi connectivity index (χ3v) is 28.7. The summed E-state index contributed by atoms with van der Waals surface area (Å²) >= 11 is 0. The number of anilines is 9. The van der Waals surface area contributed by atoms with Gasteiger partial charge in [0, 0.05) is 111 Å². The van der Waals surface area contributed by atoms with Crippen molar-refractivity contribution in [3.8, 4) is 89.0 Å². The smallest absolute Gasteiger partial charge is 0.137 e. The van der Waals surface area contributed by atoms with Crippen LogP contribution in [0.1, 0.15) is 99.9 Å². The molecule has 3 heterocycles. The highest BCUT2D eigenvalue weighted by atomic mass is 16.3. The van der Waals surface area contributed by atoms with Crippen molar-refractivity contribution in [3.63, 3.8) is 0 Å². The maximum absolute atomic E-state index is 6.53. The van der Waals surface area contributed by atoms with Crippen molar-refractivity contribution in [1.29, 1.82) is 0 Å². The molecule has 21 aromatic rings. The molecular weight excluding hydrogens is 1530 g/mol. The summed E-state index contributed by atoms with van der Waals surface area (Å²) in [5, 5.41) is 6.61. The molecule has 0 aliphatic heterocycles. The Balaban J connectivity index is 0.519. The Kier molecular flexibility index (Phi) is 15.8. The first-order valence-electron chi connectivity index (χ1n) is 44.1. The van der Waals surface area contributed by atoms with Gasteiger partial charge in [-0.1, -0.05) is 280 Å². The van der Waals surface area contributed by atoms with Gasteiger partial charge in [0.1, 0.15) is 33.5 Å². The van der Waals surface area contributed by atoms with Crippen LogP contribution in [0, 0.1) is 0 Å². The van der Waals surface area contributed by atoms with Crippen molar-refractivity contribution in [2.75, 3.05) is 14.7 Å². The highest BCUT2D eigenvalue weighted by Gasteiger charge is 2.41. The van der Waals surface area contributed by atoms with Crippen LogP contribution in [0.5, 0.6) is 0 Å². The highest BCUT2D eigenvalue weighted by molar-refractivity contribution is 6.10. The lowest BCUT2D eigenvalue weighted by Gasteiger charge is -2.29. The molecule has 0 amide bonds. The zero-order valence-electron chi connectivity index (χ0n) is 71.4. The molecule has 25 rings (SSSR count). The van der Waals surface area contributed by atoms with Crippen molar-refractivity contribution in [2.24, 2.45) is 0 Å². The van der Waals surface area contributed by atoms with Crippen LogP contribution in [-0.4, -0.2) is 0 Å². The number of hydrogen-bond donors (Lipinski definition) is 0. The van der Waals surface area contributed by atoms with Crippen LogP contribution in [0.25, 0.3) is 155 Å². The molecular formula is C120H87N3O3. The van der Waals surface area contributed by atoms with E-state index in [-0.39, 0.29) is 21.7 Å². The summed E-state index contributed by atoms with van der Waals surface area (Å²) in [5.74, 6) is 0. The zero-order chi connectivity index (χ0) is 84.4. The first kappa shape index (κ1) is 73.5. The van der Waals surface area contributed by atoms with Gasteiger partial charge in [0.05, 0.1) is 0 Å². The monoisotopic (exact) mass is 1620 g/mol. The fraction of sp³-hybridized carbons (Fsp3) is 0.100. The number of benzene rings is 18. The van der Waals surface area contributed by atoms with E-state index in [1.165, 1.54) is 111 Å². The molecule has 3 aromatic heterocycles. The average molecular weight is 1620 g/mol. The van der Waals surface area contributed by atoms with Crippen LogP contribution in [0.15, 0.2) is 395 Å². The molecule has 126 heavy (non-hydrogen) atoms. The lowest BCUT2D eigenvalue weighted by Crippen LogP contribution is -2.17. The van der Waals surface area contributed by atoms with Crippen molar-refractivity contribution in [2.45, 2.75) is 77.0 Å². The van der Waals surface area contributed by atoms with Gasteiger partial charge in [0.15, 0.2) is 0 Å². The second-order valence-electron chi connectivity index (χ2n) is 37.1. The predicted octanol–water partition coefficient (Wildman–Crippen LogP) is 33.7. The van der Waals surface area contributed by atoms with Crippen LogP contribution in [0.2, 0.25) is 0 Å². The van der Waals surface area contributed by atoms with E-state index in [9.17, 15) is 0 Å². The Morgan fingerprint density at radius 1 is 0.151 bits per heavy atom. The van der Waals surface area contributed by atoms with Crippen molar-refractivity contribution in [3.05, 3.63) is 427 Å². The van der Waals surface area contributed by atoms with Gasteiger partial charge in [-0.3, -0.25) is 0 Å². The van der Waals surface area contributed by atoms with E-state index in [4.69, 9.17) is 13.3 Å². The summed E-state index contributed by atoms with van der Waals surface area (Å²) in [7, 11) is 0. The topological polar surface area (TPSA) is 49.1 Å². The standard InChI is InChI=1S/C120H87N3O3/c1-117(2)104-25-15-10-20-90(104)98-65-82(49-58-107(98)117)122(88-48-55-95-92-21-11-16-26-111(92)126-116(95)71-88)81-45-39-75(40-46-81)73-31-35-76(36-32-73)78-41-56-105-96(63-78)99-66-83(50-59-108(99)118(105,3)4)121(85-52-61-114-101(68-85)93-22-12-17-27-112(93)124-114)80-43-37-74(38-44-80)72-29-33-77(34-30-72)79-42-57-106-97(64-79)100-67-84(51-60-109(100)119(106,5)6)123(86-53-62-115-102(69-86)94-23-13-18-28-113(94)125-115)87-47-54-91-89-19-9-14-24-103(89)120(7,8)110(91)70-87/h9-71H,1-8H3. The van der Waals surface area contributed by atoms with E-state index in [1.807, 2.05) is 18.2 Å². The molecule has 0 atom stereocenters. The first-order valence-corrected chi connectivity index (χ1v) is 44.1. The molecule has 4 aliphatic carbocycles. The van der Waals surface area contributed by atoms with Gasteiger partial charge in [-0.2, -0.15) is 0 Å². The zero-order valence-corrected chi connectivity index (χ0v) is 71.4. The molecule has 0 spiro atoms. The molecule has 0 fully saturated rings. The molecule has 0 unspecified atom stereocenters. The molecule has 0 saturated heterocycles. The SMILES string of the molecule is CC1(C)c2ccccc2-c2cc(N(c3ccc(-c4ccc(-c5ccc6c(c5)-c5cc(N(c7ccc(-c8ccc(-c9ccc%10c(c9)-c9cc(N(c%11ccc%12c(c%11)C(C)(C)c%11ccccc%11-%12)c%11ccc%12oc%13ccccc%13c%12c%11)ccc9C%10(C)C)cc8)cc7)c7ccc8oc9ccccc9c8c7)ccc5C6(C)C)cc4)cc3)c3ccc4c(c3)oc3ccccc34)ccc21. The Morgan fingerprint density at radius 2 is 0.397 bits per heavy atom. The molecule has 0 N–H and O–H groups in total. The maximum atomic E-state index is 6.53. The average Bonchev–Trinajstić information content (AvgIpc) is 1.58. The van der Waals surface area contributed by atoms with Crippen LogP contribution >= 0.6 is 0 Å². The van der Waals surface area contributed by atoms with Gasteiger partial charge in [-0.25, -0.2) is 0 Å². The second-order valence-corrected chi connectivity index (χ2v) is 37.1. The van der Waals surface area contributed by atoms with Crippen molar-refractivity contribution >= 4 is 117 Å². The van der Waals surface area contributed by atoms with Gasteiger partial charge < -0.3 is 28.0 Å². The quantitative estimate of drug-likeness (QED) is 0.115. The van der Waals surface area contributed by atoms with E-state index in [0.29, 0.717) is 0 Å². The summed E-state index contributed by atoms with van der Waals surface area (Å²) in [6.45, 7) is 18.9. The summed E-state index contributed by atoms with van der Waals surface area (Å²) in [5.41, 5.74) is 44.4. The van der Waals surface area contributed by atoms with E-state index in [0.717, 1.165) is 139 Å². The number of para-hydroxylation sites is 3. The minimum atomic E-state index is -0.228. The van der Waals surface area contributed by atoms with E-state index >= 15 is 0 Å². The number of nitrogens with zero attached hydrogens (tertiary/aromatic N) is 3. The summed E-state index contributed by atoms with van der Waals surface area (Å²) in [6, 6.07) is 142. The Hall–Kier alpha value is -15.2. The highest BCUT2D eigenvalue weighted by Crippen LogP contribution is 2.58. The lowest BCUT2D eigenvalue weighted by molar-refractivity contribution is 0.660. The van der Waals surface area contributed by atoms with Gasteiger partial charge in [0.25, 0.3) is 0 Å². The minimum Gasteiger partial charge on any atom is -0.456 e. The van der Waals surface area contributed by atoms with Gasteiger partial charge >= 0.3 is 0 Å². The first-order chi connectivity index (χ1) is 61.4. The molecule has 600 valence electrons. The fourth-order valence-electron chi connectivity index (χ4n) is 22.0. The Labute approximate surface area is 732 Å². The van der Waals surface area contributed by atoms with E-state index in [1.54, 1.807) is 0 Å². The summed E-state index contributed by atoms with van der Waals surface area (Å²) in [4.78, 5) is 7.25. The van der Waals surface area contributed by atoms with Crippen molar-refractivity contribution < 1.29 is 13.3 Å². The van der Waals surface area contributed by atoms with Gasteiger partial charge in [-0.05, 0) is 285 Å². The van der Waals surface area contributed by atoms with E-state index in [2.05, 4.69) is 434 Å². The number of rotatable bonds is 13. The molecule has 0 bridgehead atoms. The molecule has 18 aromatic carbocycles. The maximum Gasteiger partial charge on any atom is 0.137 e. The second kappa shape index (κ2) is 27.1. The van der Waals surface area contributed by atoms with Gasteiger partial charge in [0.2, 0.25) is 0 Å². The number of furan rings is 3. The minimum absolute atomic E-state index is 0.101. The lowest BCUT2D eigenvalue weighted by atomic mass is 9.82. The third-order valence-electron chi connectivity index (χ3n) is 28.7. The molecule has 0 saturated carbocycles. The largest absolute Gasteiger partial charge is 0.456 e. The third kappa shape index (κ3) is 11.1. The van der Waals surface area contributed by atoms with Crippen LogP contribution in [-0.2, 0) is 21.7 Å². The number of fused-ring (bicyclic) bond motifs is 21. The molecule has 0 radical (unpaired) electrons. The van der Waals surface area contributed by atoms with Gasteiger partial charge in [-0.15, -0.1) is 0 Å². The Bertz CT molecular complexity index is 8150. The van der Waals surface area contributed by atoms with Crippen molar-refractivity contribution in [1.82, 2.24) is 0 Å². The van der Waals surface area contributed by atoms with Crippen LogP contribution < -0.4 is 14.7 Å². The predicted molar refractivity (Wildman–Crippen MR) is 524 cm³/mol. The van der Waals surface area contributed by atoms with Crippen LogP contribution in [0.3, 0.4) is 0 Å². The fourth-order valence-corrected chi connectivity index (χ4v) is 22.0. The molecule has 4 aliphatic rings.